The van der Waals surface area contributed by atoms with E-state index in [1.54, 1.807) is 0 Å². The molecule has 0 saturated carbocycles. The van der Waals surface area contributed by atoms with Gasteiger partial charge in [-0.25, -0.2) is 4.79 Å². The zero-order valence-corrected chi connectivity index (χ0v) is 16.6. The Morgan fingerprint density at radius 3 is 1.58 bits per heavy atom. The summed E-state index contributed by atoms with van der Waals surface area (Å²) in [5.41, 5.74) is -0.946. The van der Waals surface area contributed by atoms with Crippen LogP contribution in [0.5, 0.6) is 0 Å². The molecule has 0 atom stereocenters. The summed E-state index contributed by atoms with van der Waals surface area (Å²) in [4.78, 5) is 30.9. The van der Waals surface area contributed by atoms with Crippen molar-refractivity contribution >= 4 is 41.0 Å². The van der Waals surface area contributed by atoms with E-state index in [0.717, 1.165) is 0 Å². The van der Waals surface area contributed by atoms with E-state index in [-0.39, 0.29) is 50.9 Å². The summed E-state index contributed by atoms with van der Waals surface area (Å²) in [5, 5.41) is 43.1. The number of carbonyl (C=O) groups excluding carboxylic acids is 1. The number of carboxylic acid groups (broad SMARTS) is 2. The van der Waals surface area contributed by atoms with Crippen molar-refractivity contribution < 1.29 is 47.5 Å². The minimum Gasteiger partial charge on any atom is -1.00 e. The third-order valence-electron chi connectivity index (χ3n) is 3.15. The summed E-state index contributed by atoms with van der Waals surface area (Å²) < 4.78 is 4.72. The van der Waals surface area contributed by atoms with Gasteiger partial charge in [0.15, 0.2) is 0 Å². The van der Waals surface area contributed by atoms with Gasteiger partial charge in [0.1, 0.15) is 6.61 Å². The van der Waals surface area contributed by atoms with Gasteiger partial charge in [0.05, 0.1) is 25.2 Å². The van der Waals surface area contributed by atoms with Gasteiger partial charge in [-0.1, -0.05) is 13.0 Å². The third-order valence-corrected chi connectivity index (χ3v) is 3.15. The molecule has 0 unspecified atom stereocenters. The number of ether oxygens (including phenoxy) is 1. The standard InChI is InChI=1S/C9H16O5.C7H12O4.Mg.2H/c1-7(2)8(13)14-6-9(3-10,4-11)5-12;8-6(9)4-2-1-3-5-7(10)11;;;/h10-12H,1,3-6H2,2H3;1-5H2,(H,8,9)(H,10,11);;;/q;;+2;2*-1. The minimum absolute atomic E-state index is 0. The third kappa shape index (κ3) is 16.3. The molecule has 150 valence electrons. The zero-order chi connectivity index (χ0) is 19.9. The molecular weight excluding hydrogens is 360 g/mol. The molecule has 0 aromatic rings. The van der Waals surface area contributed by atoms with E-state index in [1.165, 1.54) is 6.92 Å². The van der Waals surface area contributed by atoms with Crippen LogP contribution in [-0.2, 0) is 19.1 Å². The molecule has 9 nitrogen and oxygen atoms in total. The van der Waals surface area contributed by atoms with Gasteiger partial charge in [-0.05, 0) is 19.8 Å². The molecule has 0 fully saturated rings. The predicted octanol–water partition coefficient (Wildman–Crippen LogP) is 0.0193. The molecule has 0 heterocycles. The van der Waals surface area contributed by atoms with Crippen LogP contribution in [0.3, 0.4) is 0 Å². The Morgan fingerprint density at radius 1 is 0.923 bits per heavy atom. The van der Waals surface area contributed by atoms with Gasteiger partial charge >= 0.3 is 41.0 Å². The Bertz CT molecular complexity index is 420. The van der Waals surface area contributed by atoms with E-state index in [0.29, 0.717) is 19.3 Å². The SMILES string of the molecule is C=C(C)C(=O)OCC(CO)(CO)CO.O=C(O)CCCCCC(=O)O.[H-].[H-].[Mg+2]. The second-order valence-corrected chi connectivity index (χ2v) is 5.68. The van der Waals surface area contributed by atoms with Crippen LogP contribution in [0.1, 0.15) is 41.9 Å². The second kappa shape index (κ2) is 17.2. The fraction of sp³-hybridized carbons (Fsp3) is 0.688. The summed E-state index contributed by atoms with van der Waals surface area (Å²) >= 11 is 0. The smallest absolute Gasteiger partial charge is 1.00 e. The summed E-state index contributed by atoms with van der Waals surface area (Å²) in [7, 11) is 0. The largest absolute Gasteiger partial charge is 2.00 e. The maximum Gasteiger partial charge on any atom is 2.00 e. The second-order valence-electron chi connectivity index (χ2n) is 5.68. The van der Waals surface area contributed by atoms with Crippen LogP contribution in [0, 0.1) is 5.41 Å². The monoisotopic (exact) mass is 390 g/mol. The zero-order valence-electron chi connectivity index (χ0n) is 17.1. The van der Waals surface area contributed by atoms with Crippen LogP contribution in [0.25, 0.3) is 0 Å². The molecule has 10 heteroatoms. The van der Waals surface area contributed by atoms with Gasteiger partial charge in [0, 0.05) is 18.4 Å². The van der Waals surface area contributed by atoms with E-state index in [2.05, 4.69) is 6.58 Å². The first-order valence-corrected chi connectivity index (χ1v) is 7.73. The molecule has 0 rings (SSSR count). The van der Waals surface area contributed by atoms with Crippen LogP contribution in [0.4, 0.5) is 0 Å². The number of aliphatic hydroxyl groups excluding tert-OH is 3. The topological polar surface area (TPSA) is 162 Å². The maximum atomic E-state index is 11.0. The van der Waals surface area contributed by atoms with Gasteiger partial charge in [0.25, 0.3) is 0 Å². The minimum atomic E-state index is -1.18. The number of hydrogen-bond donors (Lipinski definition) is 5. The molecule has 0 aromatic heterocycles. The average Bonchev–Trinajstić information content (AvgIpc) is 2.56. The number of esters is 1. The van der Waals surface area contributed by atoms with Crippen molar-refractivity contribution in [3.8, 4) is 0 Å². The summed E-state index contributed by atoms with van der Waals surface area (Å²) in [6.07, 6.45) is 2.10. The van der Waals surface area contributed by atoms with E-state index in [1.807, 2.05) is 0 Å². The van der Waals surface area contributed by atoms with Gasteiger partial charge in [-0.15, -0.1) is 0 Å². The van der Waals surface area contributed by atoms with Crippen molar-refractivity contribution in [2.45, 2.75) is 39.0 Å². The molecule has 0 aliphatic carbocycles. The molecule has 0 aliphatic rings. The van der Waals surface area contributed by atoms with Gasteiger partial charge < -0.3 is 33.1 Å². The van der Waals surface area contributed by atoms with Crippen LogP contribution in [0.15, 0.2) is 12.2 Å². The number of rotatable bonds is 12. The maximum absolute atomic E-state index is 11.0. The van der Waals surface area contributed by atoms with Crippen molar-refractivity contribution in [2.75, 3.05) is 26.4 Å². The molecule has 0 spiro atoms. The normalized spacial score (nSPS) is 10.0. The average molecular weight is 391 g/mol. The number of carboxylic acids is 2. The van der Waals surface area contributed by atoms with Crippen LogP contribution >= 0.6 is 0 Å². The Kier molecular flexibility index (Phi) is 19.6. The number of unbranched alkanes of at least 4 members (excludes halogenated alkanes) is 2. The number of hydrogen-bond acceptors (Lipinski definition) is 7. The first kappa shape index (κ1) is 29.6. The molecular formula is C16H30MgO9. The van der Waals surface area contributed by atoms with E-state index in [4.69, 9.17) is 30.3 Å². The van der Waals surface area contributed by atoms with Crippen LogP contribution < -0.4 is 0 Å². The first-order chi connectivity index (χ1) is 11.6. The number of carbonyl (C=O) groups is 3. The molecule has 0 aromatic carbocycles. The van der Waals surface area contributed by atoms with Crippen molar-refractivity contribution in [3.63, 3.8) is 0 Å². The van der Waals surface area contributed by atoms with Gasteiger partial charge in [-0.2, -0.15) is 0 Å². The summed E-state index contributed by atoms with van der Waals surface area (Å²) in [6.45, 7) is 3.26. The Balaban J connectivity index is -0.000000116. The van der Waals surface area contributed by atoms with E-state index >= 15 is 0 Å². The van der Waals surface area contributed by atoms with E-state index < -0.39 is 43.1 Å². The predicted molar refractivity (Wildman–Crippen MR) is 95.8 cm³/mol. The molecule has 0 saturated heterocycles. The van der Waals surface area contributed by atoms with Crippen molar-refractivity contribution in [1.82, 2.24) is 0 Å². The Labute approximate surface area is 171 Å². The molecule has 0 bridgehead atoms. The summed E-state index contributed by atoms with van der Waals surface area (Å²) in [5.74, 6) is -2.25. The molecule has 5 N–H and O–H groups in total. The fourth-order valence-corrected chi connectivity index (χ4v) is 1.36. The van der Waals surface area contributed by atoms with Crippen molar-refractivity contribution in [3.05, 3.63) is 12.2 Å². The van der Waals surface area contributed by atoms with Crippen LogP contribution in [-0.4, -0.2) is 92.9 Å². The van der Waals surface area contributed by atoms with Crippen molar-refractivity contribution in [1.29, 1.82) is 0 Å². The quantitative estimate of drug-likeness (QED) is 0.134. The molecule has 0 radical (unpaired) electrons. The van der Waals surface area contributed by atoms with Gasteiger partial charge in [0.2, 0.25) is 0 Å². The number of aliphatic hydroxyl groups is 3. The molecule has 0 amide bonds. The van der Waals surface area contributed by atoms with Crippen molar-refractivity contribution in [2.24, 2.45) is 5.41 Å². The fourth-order valence-electron chi connectivity index (χ4n) is 1.36. The Morgan fingerprint density at radius 2 is 1.31 bits per heavy atom. The summed E-state index contributed by atoms with van der Waals surface area (Å²) in [6, 6.07) is 0. The van der Waals surface area contributed by atoms with E-state index in [9.17, 15) is 14.4 Å². The first-order valence-electron chi connectivity index (χ1n) is 7.73. The number of aliphatic carboxylic acids is 2. The van der Waals surface area contributed by atoms with Crippen LogP contribution in [0.2, 0.25) is 0 Å². The molecule has 0 aliphatic heterocycles. The van der Waals surface area contributed by atoms with Gasteiger partial charge in [-0.3, -0.25) is 9.59 Å². The Hall–Kier alpha value is -1.20. The molecule has 26 heavy (non-hydrogen) atoms.